The highest BCUT2D eigenvalue weighted by atomic mass is 32.1. The molecule has 0 atom stereocenters. The van der Waals surface area contributed by atoms with E-state index in [-0.39, 0.29) is 5.56 Å². The lowest BCUT2D eigenvalue weighted by Gasteiger charge is -2.19. The molecule has 2 aromatic heterocycles. The third-order valence-electron chi connectivity index (χ3n) is 2.60. The largest absolute Gasteiger partial charge is 0.478 e. The van der Waals surface area contributed by atoms with Crippen LogP contribution in [0.5, 0.6) is 0 Å². The van der Waals surface area contributed by atoms with Crippen molar-refractivity contribution in [2.24, 2.45) is 0 Å². The molecule has 0 spiro atoms. The predicted molar refractivity (Wildman–Crippen MR) is 70.2 cm³/mol. The molecule has 5 nitrogen and oxygen atoms in total. The number of rotatable bonds is 4. The molecule has 6 heteroatoms. The van der Waals surface area contributed by atoms with Gasteiger partial charge in [-0.15, -0.1) is 11.3 Å². The molecular weight excluding hydrogens is 250 g/mol. The SMILES string of the molecule is Cc1ccnc(N(C)Cc2cscn2)c1C(=O)O. The summed E-state index contributed by atoms with van der Waals surface area (Å²) in [6.45, 7) is 2.31. The van der Waals surface area contributed by atoms with Gasteiger partial charge in [0, 0.05) is 18.6 Å². The average molecular weight is 263 g/mol. The first-order valence-electron chi connectivity index (χ1n) is 5.36. The highest BCUT2D eigenvalue weighted by Crippen LogP contribution is 2.21. The lowest BCUT2D eigenvalue weighted by Crippen LogP contribution is -2.21. The molecule has 0 unspecified atom stereocenters. The van der Waals surface area contributed by atoms with E-state index in [1.807, 2.05) is 12.4 Å². The number of anilines is 1. The fourth-order valence-corrected chi connectivity index (χ4v) is 2.28. The van der Waals surface area contributed by atoms with Crippen LogP contribution in [0.1, 0.15) is 21.6 Å². The second-order valence-corrected chi connectivity index (χ2v) is 4.69. The van der Waals surface area contributed by atoms with Crippen LogP contribution in [0, 0.1) is 6.92 Å². The van der Waals surface area contributed by atoms with Gasteiger partial charge in [-0.25, -0.2) is 14.8 Å². The smallest absolute Gasteiger partial charge is 0.339 e. The topological polar surface area (TPSA) is 66.3 Å². The maximum absolute atomic E-state index is 11.3. The van der Waals surface area contributed by atoms with Crippen LogP contribution >= 0.6 is 11.3 Å². The molecule has 0 amide bonds. The first-order chi connectivity index (χ1) is 8.59. The van der Waals surface area contributed by atoms with Gasteiger partial charge in [0.1, 0.15) is 11.4 Å². The summed E-state index contributed by atoms with van der Waals surface area (Å²) in [6.07, 6.45) is 1.62. The Kier molecular flexibility index (Phi) is 3.57. The van der Waals surface area contributed by atoms with Gasteiger partial charge in [-0.2, -0.15) is 0 Å². The fourth-order valence-electron chi connectivity index (χ4n) is 1.73. The Morgan fingerprint density at radius 1 is 1.50 bits per heavy atom. The molecule has 0 saturated heterocycles. The van der Waals surface area contributed by atoms with Gasteiger partial charge < -0.3 is 10.0 Å². The molecule has 0 aliphatic carbocycles. The molecule has 2 rings (SSSR count). The molecule has 0 radical (unpaired) electrons. The first-order valence-corrected chi connectivity index (χ1v) is 6.31. The molecule has 2 aromatic rings. The summed E-state index contributed by atoms with van der Waals surface area (Å²) in [5.41, 5.74) is 3.61. The quantitative estimate of drug-likeness (QED) is 0.915. The van der Waals surface area contributed by atoms with E-state index < -0.39 is 5.97 Å². The summed E-state index contributed by atoms with van der Waals surface area (Å²) < 4.78 is 0. The third-order valence-corrected chi connectivity index (χ3v) is 3.23. The molecule has 18 heavy (non-hydrogen) atoms. The van der Waals surface area contributed by atoms with Crippen molar-refractivity contribution in [3.63, 3.8) is 0 Å². The van der Waals surface area contributed by atoms with E-state index in [1.54, 1.807) is 29.6 Å². The highest BCUT2D eigenvalue weighted by molar-refractivity contribution is 7.07. The van der Waals surface area contributed by atoms with Crippen molar-refractivity contribution in [3.05, 3.63) is 40.0 Å². The minimum absolute atomic E-state index is 0.246. The summed E-state index contributed by atoms with van der Waals surface area (Å²) in [4.78, 5) is 21.4. The number of carboxylic acid groups (broad SMARTS) is 1. The van der Waals surface area contributed by atoms with E-state index in [0.29, 0.717) is 17.9 Å². The van der Waals surface area contributed by atoms with Crippen molar-refractivity contribution in [2.45, 2.75) is 13.5 Å². The summed E-state index contributed by atoms with van der Waals surface area (Å²) in [6, 6.07) is 1.70. The summed E-state index contributed by atoms with van der Waals surface area (Å²) in [5.74, 6) is -0.490. The Bertz CT molecular complexity index is 554. The normalized spacial score (nSPS) is 10.3. The van der Waals surface area contributed by atoms with Crippen LogP contribution < -0.4 is 4.90 Å². The van der Waals surface area contributed by atoms with Crippen molar-refractivity contribution in [1.82, 2.24) is 9.97 Å². The third kappa shape index (κ3) is 2.48. The Morgan fingerprint density at radius 3 is 2.89 bits per heavy atom. The molecule has 0 aromatic carbocycles. The lowest BCUT2D eigenvalue weighted by atomic mass is 10.1. The van der Waals surface area contributed by atoms with Gasteiger partial charge in [0.15, 0.2) is 0 Å². The Morgan fingerprint density at radius 2 is 2.28 bits per heavy atom. The maximum atomic E-state index is 11.3. The minimum Gasteiger partial charge on any atom is -0.478 e. The number of aromatic nitrogens is 2. The van der Waals surface area contributed by atoms with Gasteiger partial charge >= 0.3 is 5.97 Å². The molecule has 0 bridgehead atoms. The molecule has 1 N–H and O–H groups in total. The van der Waals surface area contributed by atoms with Crippen molar-refractivity contribution >= 4 is 23.1 Å². The van der Waals surface area contributed by atoms with Crippen LogP contribution in [0.25, 0.3) is 0 Å². The maximum Gasteiger partial charge on any atom is 0.339 e. The number of aryl methyl sites for hydroxylation is 1. The number of carbonyl (C=O) groups is 1. The average Bonchev–Trinajstić information content (AvgIpc) is 2.80. The van der Waals surface area contributed by atoms with Gasteiger partial charge in [0.25, 0.3) is 0 Å². The predicted octanol–water partition coefficient (Wildman–Crippen LogP) is 2.18. The number of aromatic carboxylic acids is 1. The van der Waals surface area contributed by atoms with E-state index in [2.05, 4.69) is 9.97 Å². The molecule has 2 heterocycles. The number of hydrogen-bond acceptors (Lipinski definition) is 5. The Labute approximate surface area is 109 Å². The van der Waals surface area contributed by atoms with Crippen molar-refractivity contribution in [2.75, 3.05) is 11.9 Å². The minimum atomic E-state index is -0.958. The van der Waals surface area contributed by atoms with Crippen LogP contribution in [-0.4, -0.2) is 28.1 Å². The van der Waals surface area contributed by atoms with Gasteiger partial charge in [0.05, 0.1) is 17.7 Å². The van der Waals surface area contributed by atoms with Crippen LogP contribution in [0.2, 0.25) is 0 Å². The van der Waals surface area contributed by atoms with E-state index >= 15 is 0 Å². The van der Waals surface area contributed by atoms with Crippen LogP contribution in [0.3, 0.4) is 0 Å². The molecular formula is C12H13N3O2S. The zero-order chi connectivity index (χ0) is 13.1. The van der Waals surface area contributed by atoms with Gasteiger partial charge in [0.2, 0.25) is 0 Å². The lowest BCUT2D eigenvalue weighted by molar-refractivity contribution is 0.0696. The van der Waals surface area contributed by atoms with E-state index in [9.17, 15) is 9.90 Å². The molecule has 0 saturated carbocycles. The summed E-state index contributed by atoms with van der Waals surface area (Å²) in [7, 11) is 1.81. The molecule has 0 fully saturated rings. The van der Waals surface area contributed by atoms with E-state index in [1.165, 1.54) is 11.3 Å². The Hall–Kier alpha value is -1.95. The molecule has 94 valence electrons. The van der Waals surface area contributed by atoms with Crippen molar-refractivity contribution in [1.29, 1.82) is 0 Å². The number of nitrogens with zero attached hydrogens (tertiary/aromatic N) is 3. The van der Waals surface area contributed by atoms with E-state index in [4.69, 9.17) is 0 Å². The summed E-state index contributed by atoms with van der Waals surface area (Å²) >= 11 is 1.52. The second-order valence-electron chi connectivity index (χ2n) is 3.97. The number of thiazole rings is 1. The van der Waals surface area contributed by atoms with Crippen LogP contribution in [0.15, 0.2) is 23.2 Å². The molecule has 0 aliphatic rings. The highest BCUT2D eigenvalue weighted by Gasteiger charge is 2.17. The zero-order valence-corrected chi connectivity index (χ0v) is 10.9. The Balaban J connectivity index is 2.32. The number of hydrogen-bond donors (Lipinski definition) is 1. The monoisotopic (exact) mass is 263 g/mol. The fraction of sp³-hybridized carbons (Fsp3) is 0.250. The first kappa shape index (κ1) is 12.5. The van der Waals surface area contributed by atoms with Gasteiger partial charge in [-0.1, -0.05) is 0 Å². The zero-order valence-electron chi connectivity index (χ0n) is 10.1. The number of carboxylic acids is 1. The molecule has 0 aliphatic heterocycles. The van der Waals surface area contributed by atoms with Crippen LogP contribution in [-0.2, 0) is 6.54 Å². The summed E-state index contributed by atoms with van der Waals surface area (Å²) in [5, 5.41) is 11.2. The van der Waals surface area contributed by atoms with Gasteiger partial charge in [-0.3, -0.25) is 0 Å². The van der Waals surface area contributed by atoms with E-state index in [0.717, 1.165) is 5.69 Å². The standard InChI is InChI=1S/C12H13N3O2S/c1-8-3-4-13-11(10(8)12(16)17)15(2)5-9-6-18-7-14-9/h3-4,6-7H,5H2,1-2H3,(H,16,17). The van der Waals surface area contributed by atoms with Gasteiger partial charge in [-0.05, 0) is 18.6 Å². The van der Waals surface area contributed by atoms with Crippen molar-refractivity contribution < 1.29 is 9.90 Å². The second kappa shape index (κ2) is 5.14. The number of pyridine rings is 1. The van der Waals surface area contributed by atoms with Crippen molar-refractivity contribution in [3.8, 4) is 0 Å². The van der Waals surface area contributed by atoms with Crippen LogP contribution in [0.4, 0.5) is 5.82 Å².